The third-order valence-electron chi connectivity index (χ3n) is 4.49. The number of carbonyl (C=O) groups excluding carboxylic acids is 1. The maximum absolute atomic E-state index is 11.9. The molecule has 1 fully saturated rings. The summed E-state index contributed by atoms with van der Waals surface area (Å²) < 4.78 is 5.28. The predicted octanol–water partition coefficient (Wildman–Crippen LogP) is 2.32. The van der Waals surface area contributed by atoms with Gasteiger partial charge in [0.15, 0.2) is 5.96 Å². The summed E-state index contributed by atoms with van der Waals surface area (Å²) in [4.78, 5) is 16.6. The minimum Gasteiger partial charge on any atom is -0.380 e. The zero-order valence-corrected chi connectivity index (χ0v) is 17.1. The monoisotopic (exact) mass is 458 g/mol. The summed E-state index contributed by atoms with van der Waals surface area (Å²) in [6.45, 7) is 8.01. The number of nitrogens with zero attached hydrogens (tertiary/aromatic N) is 1. The number of amides is 1. The summed E-state index contributed by atoms with van der Waals surface area (Å²) in [5.41, 5.74) is 2.25. The number of anilines is 1. The molecule has 0 aliphatic carbocycles. The first-order valence-electron chi connectivity index (χ1n) is 8.58. The Morgan fingerprint density at radius 2 is 2.12 bits per heavy atom. The van der Waals surface area contributed by atoms with Crippen LogP contribution >= 0.6 is 24.0 Å². The van der Waals surface area contributed by atoms with Gasteiger partial charge < -0.3 is 20.7 Å². The minimum absolute atomic E-state index is 0. The first-order valence-corrected chi connectivity index (χ1v) is 8.58. The summed E-state index contributed by atoms with van der Waals surface area (Å²) in [7, 11) is 0. The maximum Gasteiger partial charge on any atom is 0.225 e. The summed E-state index contributed by atoms with van der Waals surface area (Å²) >= 11 is 0. The van der Waals surface area contributed by atoms with Gasteiger partial charge in [0.25, 0.3) is 0 Å². The molecule has 2 aliphatic heterocycles. The molecule has 0 aromatic heterocycles. The summed E-state index contributed by atoms with van der Waals surface area (Å²) in [6.07, 6.45) is 0.495. The van der Waals surface area contributed by atoms with Gasteiger partial charge >= 0.3 is 0 Å². The number of fused-ring (bicyclic) bond motifs is 1. The molecule has 0 spiro atoms. The van der Waals surface area contributed by atoms with Gasteiger partial charge in [-0.3, -0.25) is 9.79 Å². The van der Waals surface area contributed by atoms with E-state index >= 15 is 0 Å². The second kappa shape index (κ2) is 8.84. The third-order valence-corrected chi connectivity index (χ3v) is 4.49. The van der Waals surface area contributed by atoms with Gasteiger partial charge in [-0.1, -0.05) is 25.1 Å². The van der Waals surface area contributed by atoms with Gasteiger partial charge in [0.05, 0.1) is 19.8 Å². The molecule has 1 atom stereocenters. The van der Waals surface area contributed by atoms with Crippen molar-refractivity contribution in [2.45, 2.75) is 26.2 Å². The van der Waals surface area contributed by atoms with E-state index in [1.807, 2.05) is 18.2 Å². The molecule has 0 radical (unpaired) electrons. The van der Waals surface area contributed by atoms with E-state index in [-0.39, 0.29) is 41.2 Å². The molecular weight excluding hydrogens is 431 g/mol. The summed E-state index contributed by atoms with van der Waals surface area (Å²) in [6, 6.07) is 8.00. The lowest BCUT2D eigenvalue weighted by molar-refractivity contribution is -0.116. The molecule has 3 rings (SSSR count). The normalized spacial score (nSPS) is 21.3. The molecule has 138 valence electrons. The van der Waals surface area contributed by atoms with E-state index in [0.29, 0.717) is 13.0 Å². The van der Waals surface area contributed by atoms with Crippen LogP contribution in [0.3, 0.4) is 0 Å². The number of carbonyl (C=O) groups is 1. The van der Waals surface area contributed by atoms with Crippen molar-refractivity contribution < 1.29 is 9.53 Å². The molecule has 1 aromatic rings. The van der Waals surface area contributed by atoms with Gasteiger partial charge in [0, 0.05) is 36.5 Å². The Bertz CT molecular complexity index is 631. The highest BCUT2D eigenvalue weighted by atomic mass is 127. The van der Waals surface area contributed by atoms with Crippen LogP contribution in [0.25, 0.3) is 0 Å². The first-order chi connectivity index (χ1) is 11.6. The van der Waals surface area contributed by atoms with Crippen molar-refractivity contribution in [3.63, 3.8) is 0 Å². The summed E-state index contributed by atoms with van der Waals surface area (Å²) in [5, 5.41) is 9.60. The van der Waals surface area contributed by atoms with Crippen molar-refractivity contribution in [3.05, 3.63) is 29.8 Å². The largest absolute Gasteiger partial charge is 0.380 e. The standard InChI is InChI=1S/C18H26N4O2.HI/c1-3-19-17(21-10-18(2)11-24-12-18)20-9-13-8-16(23)22-15-7-5-4-6-14(13)15;/h4-7,13H,3,8-12H2,1-2H3,(H,22,23)(H2,19,20,21);1H. The molecule has 2 aliphatic rings. The number of benzene rings is 1. The van der Waals surface area contributed by atoms with Gasteiger partial charge in [0.2, 0.25) is 5.91 Å². The number of para-hydroxylation sites is 1. The molecule has 6 nitrogen and oxygen atoms in total. The number of ether oxygens (including phenoxy) is 1. The first kappa shape index (κ1) is 20.0. The smallest absolute Gasteiger partial charge is 0.225 e. The molecule has 1 aromatic carbocycles. The molecule has 1 unspecified atom stereocenters. The molecule has 0 saturated carbocycles. The van der Waals surface area contributed by atoms with Crippen LogP contribution in [0.4, 0.5) is 5.69 Å². The second-order valence-corrected chi connectivity index (χ2v) is 6.92. The number of guanidine groups is 1. The number of rotatable bonds is 5. The third kappa shape index (κ3) is 5.07. The van der Waals surface area contributed by atoms with E-state index < -0.39 is 0 Å². The van der Waals surface area contributed by atoms with Crippen molar-refractivity contribution in [2.75, 3.05) is 38.2 Å². The summed E-state index contributed by atoms with van der Waals surface area (Å²) in [5.74, 6) is 1.03. The molecule has 0 bridgehead atoms. The van der Waals surface area contributed by atoms with Crippen molar-refractivity contribution >= 4 is 41.5 Å². The molecule has 1 amide bonds. The lowest BCUT2D eigenvalue weighted by Gasteiger charge is -2.36. The van der Waals surface area contributed by atoms with Crippen LogP contribution in [0.2, 0.25) is 0 Å². The highest BCUT2D eigenvalue weighted by Gasteiger charge is 2.33. The zero-order chi connectivity index (χ0) is 17.0. The van der Waals surface area contributed by atoms with E-state index in [2.05, 4.69) is 40.9 Å². The van der Waals surface area contributed by atoms with Gasteiger partial charge in [-0.2, -0.15) is 0 Å². The van der Waals surface area contributed by atoms with Gasteiger partial charge in [0.1, 0.15) is 0 Å². The maximum atomic E-state index is 11.9. The van der Waals surface area contributed by atoms with E-state index in [4.69, 9.17) is 4.74 Å². The number of halogens is 1. The Balaban J connectivity index is 0.00000225. The van der Waals surface area contributed by atoms with Crippen LogP contribution in [0.1, 0.15) is 31.7 Å². The van der Waals surface area contributed by atoms with E-state index in [0.717, 1.165) is 38.0 Å². The predicted molar refractivity (Wildman–Crippen MR) is 111 cm³/mol. The lowest BCUT2D eigenvalue weighted by Crippen LogP contribution is -2.45. The topological polar surface area (TPSA) is 74.8 Å². The fourth-order valence-electron chi connectivity index (χ4n) is 3.06. The lowest BCUT2D eigenvalue weighted by atomic mass is 9.89. The second-order valence-electron chi connectivity index (χ2n) is 6.92. The fourth-order valence-corrected chi connectivity index (χ4v) is 3.06. The molecule has 3 N–H and O–H groups in total. The van der Waals surface area contributed by atoms with Crippen LogP contribution in [0.5, 0.6) is 0 Å². The average molecular weight is 458 g/mol. The Morgan fingerprint density at radius 3 is 2.80 bits per heavy atom. The minimum atomic E-state index is 0. The van der Waals surface area contributed by atoms with Gasteiger partial charge in [-0.15, -0.1) is 24.0 Å². The quantitative estimate of drug-likeness (QED) is 0.360. The molecule has 25 heavy (non-hydrogen) atoms. The van der Waals surface area contributed by atoms with Crippen LogP contribution in [0, 0.1) is 5.41 Å². The van der Waals surface area contributed by atoms with Crippen molar-refractivity contribution in [2.24, 2.45) is 10.4 Å². The molecule has 1 saturated heterocycles. The number of nitrogens with one attached hydrogen (secondary N) is 3. The van der Waals surface area contributed by atoms with Gasteiger partial charge in [-0.25, -0.2) is 0 Å². The Hall–Kier alpha value is -1.35. The Labute approximate surface area is 166 Å². The van der Waals surface area contributed by atoms with Crippen molar-refractivity contribution in [3.8, 4) is 0 Å². The van der Waals surface area contributed by atoms with E-state index in [1.54, 1.807) is 0 Å². The van der Waals surface area contributed by atoms with Crippen molar-refractivity contribution in [1.29, 1.82) is 0 Å². The number of aliphatic imine (C=N–C) groups is 1. The number of hydrogen-bond acceptors (Lipinski definition) is 3. The molecule has 7 heteroatoms. The Kier molecular flexibility index (Phi) is 7.06. The zero-order valence-electron chi connectivity index (χ0n) is 14.8. The van der Waals surface area contributed by atoms with Crippen LogP contribution in [0.15, 0.2) is 29.3 Å². The van der Waals surface area contributed by atoms with Crippen molar-refractivity contribution in [1.82, 2.24) is 10.6 Å². The number of hydrogen-bond donors (Lipinski definition) is 3. The highest BCUT2D eigenvalue weighted by Crippen LogP contribution is 2.31. The van der Waals surface area contributed by atoms with Crippen LogP contribution in [-0.4, -0.2) is 44.7 Å². The average Bonchev–Trinajstić information content (AvgIpc) is 2.55. The van der Waals surface area contributed by atoms with Gasteiger partial charge in [-0.05, 0) is 18.6 Å². The van der Waals surface area contributed by atoms with Crippen LogP contribution < -0.4 is 16.0 Å². The Morgan fingerprint density at radius 1 is 1.36 bits per heavy atom. The van der Waals surface area contributed by atoms with E-state index in [9.17, 15) is 4.79 Å². The van der Waals surface area contributed by atoms with E-state index in [1.165, 1.54) is 5.56 Å². The molecular formula is C18H27IN4O2. The van der Waals surface area contributed by atoms with Crippen LogP contribution in [-0.2, 0) is 9.53 Å². The molecule has 2 heterocycles. The fraction of sp³-hybridized carbons (Fsp3) is 0.556. The highest BCUT2D eigenvalue weighted by molar-refractivity contribution is 14.0. The SMILES string of the molecule is CCNC(=NCC1(C)COC1)NCC1CC(=O)Nc2ccccc21.I.